The molecule has 0 spiro atoms. The van der Waals surface area contributed by atoms with E-state index < -0.39 is 24.5 Å². The average Bonchev–Trinajstić information content (AvgIpc) is 3.63. The summed E-state index contributed by atoms with van der Waals surface area (Å²) in [6, 6.07) is 18.2. The lowest BCUT2D eigenvalue weighted by atomic mass is 10.0. The molecule has 0 aliphatic carbocycles. The van der Waals surface area contributed by atoms with Crippen molar-refractivity contribution in [1.82, 2.24) is 5.01 Å². The van der Waals surface area contributed by atoms with Gasteiger partial charge in [0.15, 0.2) is 6.61 Å². The number of ether oxygens (including phenoxy) is 1. The van der Waals surface area contributed by atoms with Gasteiger partial charge in [-0.3, -0.25) is 9.80 Å². The first kappa shape index (κ1) is 22.6. The Hall–Kier alpha value is -4.20. The van der Waals surface area contributed by atoms with Crippen LogP contribution < -0.4 is 5.01 Å². The van der Waals surface area contributed by atoms with Gasteiger partial charge in [0, 0.05) is 25.1 Å². The number of amides is 1. The molecule has 3 aromatic rings. The Balaban J connectivity index is 1.26. The highest BCUT2D eigenvalue weighted by molar-refractivity contribution is 6.03. The van der Waals surface area contributed by atoms with Crippen molar-refractivity contribution < 1.29 is 18.7 Å². The zero-order chi connectivity index (χ0) is 24.4. The topological polar surface area (TPSA) is 87.7 Å². The van der Waals surface area contributed by atoms with Gasteiger partial charge < -0.3 is 9.15 Å². The smallest absolute Gasteiger partial charge is 0.338 e. The molecule has 1 atom stereocenters. The van der Waals surface area contributed by atoms with Crippen molar-refractivity contribution in [2.75, 3.05) is 18.2 Å². The largest absolute Gasteiger partial charge is 0.467 e. The number of hydrogen-bond donors (Lipinski definition) is 0. The van der Waals surface area contributed by atoms with E-state index in [-0.39, 0.29) is 0 Å². The first-order valence-corrected chi connectivity index (χ1v) is 11.6. The number of aryl methyl sites for hydroxylation is 1. The molecule has 0 radical (unpaired) electrons. The molecule has 2 aliphatic rings. The van der Waals surface area contributed by atoms with Crippen LogP contribution in [0, 0.1) is 6.92 Å². The first-order chi connectivity index (χ1) is 17.0. The van der Waals surface area contributed by atoms with Gasteiger partial charge in [-0.1, -0.05) is 29.8 Å². The molecule has 0 bridgehead atoms. The standard InChI is InChI=1S/C27H26N4O4/c1-18-5-7-20(8-6-18)23-16-24(25-4-3-15-34-25)31(29-23)26(32)17-35-27(33)21-9-11-22(12-10-21)30-14-13-19(2)28-30/h3-12,15,24H,13-14,16-17H2,1-2H3. The molecule has 0 N–H and O–H groups in total. The maximum Gasteiger partial charge on any atom is 0.338 e. The van der Waals surface area contributed by atoms with Crippen LogP contribution in [0.25, 0.3) is 0 Å². The summed E-state index contributed by atoms with van der Waals surface area (Å²) in [4.78, 5) is 25.6. The SMILES string of the molecule is CC1=NN(c2ccc(C(=O)OCC(=O)N3N=C(c4ccc(C)cc4)CC3c3ccco3)cc2)CC1. The monoisotopic (exact) mass is 470 g/mol. The highest BCUT2D eigenvalue weighted by Gasteiger charge is 2.35. The molecule has 0 fully saturated rings. The summed E-state index contributed by atoms with van der Waals surface area (Å²) in [5, 5.41) is 12.3. The molecule has 0 saturated heterocycles. The summed E-state index contributed by atoms with van der Waals surface area (Å²) in [5.74, 6) is -0.353. The number of carbonyl (C=O) groups is 2. The van der Waals surface area contributed by atoms with Crippen LogP contribution in [0.3, 0.4) is 0 Å². The molecule has 8 heteroatoms. The van der Waals surface area contributed by atoms with E-state index in [2.05, 4.69) is 10.2 Å². The highest BCUT2D eigenvalue weighted by Crippen LogP contribution is 2.33. The van der Waals surface area contributed by atoms with Crippen LogP contribution in [0.4, 0.5) is 5.69 Å². The van der Waals surface area contributed by atoms with Gasteiger partial charge in [-0.25, -0.2) is 9.80 Å². The van der Waals surface area contributed by atoms with Crippen LogP contribution in [0.2, 0.25) is 0 Å². The number of benzene rings is 2. The quantitative estimate of drug-likeness (QED) is 0.487. The normalized spacial score (nSPS) is 17.4. The summed E-state index contributed by atoms with van der Waals surface area (Å²) in [5.41, 5.74) is 5.22. The fourth-order valence-electron chi connectivity index (χ4n) is 4.17. The third-order valence-corrected chi connectivity index (χ3v) is 6.13. The van der Waals surface area contributed by atoms with Crippen molar-refractivity contribution in [2.45, 2.75) is 32.7 Å². The molecule has 2 aromatic carbocycles. The third kappa shape index (κ3) is 4.87. The van der Waals surface area contributed by atoms with E-state index in [1.165, 1.54) is 5.01 Å². The lowest BCUT2D eigenvalue weighted by Gasteiger charge is -2.19. The second-order valence-corrected chi connectivity index (χ2v) is 8.72. The Morgan fingerprint density at radius 2 is 1.80 bits per heavy atom. The van der Waals surface area contributed by atoms with Crippen molar-refractivity contribution in [1.29, 1.82) is 0 Å². The number of furan rings is 1. The zero-order valence-corrected chi connectivity index (χ0v) is 19.7. The molecule has 178 valence electrons. The van der Waals surface area contributed by atoms with Gasteiger partial charge in [-0.2, -0.15) is 10.2 Å². The van der Waals surface area contributed by atoms with Gasteiger partial charge in [0.2, 0.25) is 0 Å². The van der Waals surface area contributed by atoms with E-state index in [1.807, 2.05) is 61.3 Å². The summed E-state index contributed by atoms with van der Waals surface area (Å²) in [6.45, 7) is 4.41. The maximum atomic E-state index is 13.1. The van der Waals surface area contributed by atoms with Crippen LogP contribution in [0.1, 0.15) is 53.1 Å². The summed E-state index contributed by atoms with van der Waals surface area (Å²) >= 11 is 0. The van der Waals surface area contributed by atoms with Crippen molar-refractivity contribution in [3.63, 3.8) is 0 Å². The van der Waals surface area contributed by atoms with Crippen molar-refractivity contribution in [3.8, 4) is 0 Å². The number of anilines is 1. The average molecular weight is 471 g/mol. The zero-order valence-electron chi connectivity index (χ0n) is 19.7. The van der Waals surface area contributed by atoms with Crippen molar-refractivity contribution in [2.24, 2.45) is 10.2 Å². The van der Waals surface area contributed by atoms with E-state index in [4.69, 9.17) is 9.15 Å². The molecule has 3 heterocycles. The summed E-state index contributed by atoms with van der Waals surface area (Å²) in [7, 11) is 0. The van der Waals surface area contributed by atoms with E-state index in [1.54, 1.807) is 24.5 Å². The first-order valence-electron chi connectivity index (χ1n) is 11.6. The van der Waals surface area contributed by atoms with Crippen LogP contribution in [-0.2, 0) is 9.53 Å². The van der Waals surface area contributed by atoms with Gasteiger partial charge in [0.25, 0.3) is 5.91 Å². The van der Waals surface area contributed by atoms with Gasteiger partial charge in [-0.05, 0) is 55.8 Å². The van der Waals surface area contributed by atoms with Gasteiger partial charge in [0.1, 0.15) is 11.8 Å². The lowest BCUT2D eigenvalue weighted by molar-refractivity contribution is -0.136. The molecule has 1 aromatic heterocycles. The molecule has 5 rings (SSSR count). The number of hydrazone groups is 2. The predicted molar refractivity (Wildman–Crippen MR) is 132 cm³/mol. The second-order valence-electron chi connectivity index (χ2n) is 8.72. The number of rotatable bonds is 6. The molecule has 1 amide bonds. The predicted octanol–water partition coefficient (Wildman–Crippen LogP) is 4.71. The number of esters is 1. The minimum Gasteiger partial charge on any atom is -0.467 e. The molecule has 2 aliphatic heterocycles. The Kier molecular flexibility index (Phi) is 6.18. The van der Waals surface area contributed by atoms with Crippen LogP contribution in [0.15, 0.2) is 81.5 Å². The second kappa shape index (κ2) is 9.58. The van der Waals surface area contributed by atoms with Gasteiger partial charge >= 0.3 is 5.97 Å². The Bertz CT molecular complexity index is 1280. The van der Waals surface area contributed by atoms with E-state index in [9.17, 15) is 9.59 Å². The van der Waals surface area contributed by atoms with Crippen LogP contribution >= 0.6 is 0 Å². The molecule has 0 saturated carbocycles. The van der Waals surface area contributed by atoms with Gasteiger partial charge in [-0.15, -0.1) is 0 Å². The van der Waals surface area contributed by atoms with E-state index in [0.29, 0.717) is 17.7 Å². The Morgan fingerprint density at radius 3 is 2.46 bits per heavy atom. The molecular weight excluding hydrogens is 444 g/mol. The molecular formula is C27H26N4O4. The minimum atomic E-state index is -0.567. The third-order valence-electron chi connectivity index (χ3n) is 6.13. The van der Waals surface area contributed by atoms with Crippen LogP contribution in [-0.4, -0.2) is 41.5 Å². The lowest BCUT2D eigenvalue weighted by Crippen LogP contribution is -2.31. The number of hydrogen-bond acceptors (Lipinski definition) is 7. The maximum absolute atomic E-state index is 13.1. The van der Waals surface area contributed by atoms with Crippen molar-refractivity contribution in [3.05, 3.63) is 89.4 Å². The molecule has 1 unspecified atom stereocenters. The Morgan fingerprint density at radius 1 is 1.03 bits per heavy atom. The summed E-state index contributed by atoms with van der Waals surface area (Å²) in [6.07, 6.45) is 3.01. The van der Waals surface area contributed by atoms with Crippen LogP contribution in [0.5, 0.6) is 0 Å². The molecule has 35 heavy (non-hydrogen) atoms. The van der Waals surface area contributed by atoms with E-state index >= 15 is 0 Å². The van der Waals surface area contributed by atoms with Crippen molar-refractivity contribution >= 4 is 29.0 Å². The van der Waals surface area contributed by atoms with E-state index in [0.717, 1.165) is 41.2 Å². The minimum absolute atomic E-state index is 0.370. The van der Waals surface area contributed by atoms with Gasteiger partial charge in [0.05, 0.1) is 23.2 Å². The summed E-state index contributed by atoms with van der Waals surface area (Å²) < 4.78 is 10.9. The fourth-order valence-corrected chi connectivity index (χ4v) is 4.17. The number of nitrogens with zero attached hydrogens (tertiary/aromatic N) is 4. The number of carbonyl (C=O) groups excluding carboxylic acids is 2. The highest BCUT2D eigenvalue weighted by atomic mass is 16.5. The molecule has 8 nitrogen and oxygen atoms in total. The fraction of sp³-hybridized carbons (Fsp3) is 0.259. The Labute approximate surface area is 203 Å².